The largest absolute Gasteiger partial charge is 0.522 e. The molecule has 0 bridgehead atoms. The maximum absolute atomic E-state index is 11.8. The van der Waals surface area contributed by atoms with E-state index < -0.39 is 6.36 Å². The number of ketones is 1. The lowest BCUT2D eigenvalue weighted by atomic mass is 9.72. The molecule has 102 valence electrons. The fourth-order valence-electron chi connectivity index (χ4n) is 1.81. The number of hydrogen-bond acceptors (Lipinski definition) is 2. The van der Waals surface area contributed by atoms with Crippen molar-refractivity contribution in [3.05, 3.63) is 0 Å². The summed E-state index contributed by atoms with van der Waals surface area (Å²) in [6, 6.07) is 0. The molecule has 0 aromatic heterocycles. The molecule has 2 nitrogen and oxygen atoms in total. The highest BCUT2D eigenvalue weighted by Gasteiger charge is 2.31. The Bertz CT molecular complexity index is 249. The number of halogens is 3. The lowest BCUT2D eigenvalue weighted by molar-refractivity contribution is -0.325. The predicted octanol–water partition coefficient (Wildman–Crippen LogP) is 3.94. The fraction of sp³-hybridized carbons (Fsp3) is 0.917. The lowest BCUT2D eigenvalue weighted by Crippen LogP contribution is -2.27. The van der Waals surface area contributed by atoms with Crippen molar-refractivity contribution in [1.82, 2.24) is 0 Å². The maximum Gasteiger partial charge on any atom is 0.522 e. The summed E-state index contributed by atoms with van der Waals surface area (Å²) in [6.07, 6.45) is -3.30. The van der Waals surface area contributed by atoms with Crippen molar-refractivity contribution in [1.29, 1.82) is 0 Å². The molecule has 0 rings (SSSR count). The van der Waals surface area contributed by atoms with Crippen LogP contribution in [0, 0.1) is 11.3 Å². The number of carbonyl (C=O) groups excluding carboxylic acids is 1. The van der Waals surface area contributed by atoms with Crippen LogP contribution in [0.25, 0.3) is 0 Å². The van der Waals surface area contributed by atoms with E-state index in [1.165, 1.54) is 6.92 Å². The zero-order valence-corrected chi connectivity index (χ0v) is 10.9. The summed E-state index contributed by atoms with van der Waals surface area (Å²) in [5, 5.41) is 0. The Kier molecular flexibility index (Phi) is 6.16. The van der Waals surface area contributed by atoms with Gasteiger partial charge in [-0.05, 0) is 31.1 Å². The van der Waals surface area contributed by atoms with Crippen molar-refractivity contribution in [2.45, 2.75) is 53.3 Å². The van der Waals surface area contributed by atoms with Crippen LogP contribution in [0.1, 0.15) is 47.0 Å². The number of ether oxygens (including phenoxy) is 1. The molecule has 0 heterocycles. The quantitative estimate of drug-likeness (QED) is 0.643. The third-order valence-corrected chi connectivity index (χ3v) is 3.20. The van der Waals surface area contributed by atoms with E-state index in [1.54, 1.807) is 0 Å². The normalized spacial score (nSPS) is 16.0. The van der Waals surface area contributed by atoms with Crippen molar-refractivity contribution < 1.29 is 22.7 Å². The van der Waals surface area contributed by atoms with E-state index in [4.69, 9.17) is 0 Å². The van der Waals surface area contributed by atoms with E-state index in [0.29, 0.717) is 19.3 Å². The zero-order valence-electron chi connectivity index (χ0n) is 10.9. The average molecular weight is 254 g/mol. The molecule has 0 saturated carbocycles. The second kappa shape index (κ2) is 6.38. The summed E-state index contributed by atoms with van der Waals surface area (Å²) in [7, 11) is 0. The number of carbonyl (C=O) groups is 1. The SMILES string of the molecule is CC(=O)CC(C)(CCCOC(F)(F)F)C(C)C. The van der Waals surface area contributed by atoms with Crippen LogP contribution < -0.4 is 0 Å². The molecule has 1 unspecified atom stereocenters. The van der Waals surface area contributed by atoms with Crippen LogP contribution in [0.15, 0.2) is 0 Å². The molecule has 1 atom stereocenters. The molecular formula is C12H21F3O2. The molecular weight excluding hydrogens is 233 g/mol. The van der Waals surface area contributed by atoms with Gasteiger partial charge in [-0.1, -0.05) is 20.8 Å². The Labute approximate surface area is 101 Å². The molecule has 0 spiro atoms. The van der Waals surface area contributed by atoms with Crippen molar-refractivity contribution in [2.75, 3.05) is 6.61 Å². The number of alkyl halides is 3. The van der Waals surface area contributed by atoms with Gasteiger partial charge in [-0.2, -0.15) is 0 Å². The molecule has 0 aliphatic rings. The van der Waals surface area contributed by atoms with Gasteiger partial charge < -0.3 is 4.79 Å². The van der Waals surface area contributed by atoms with Crippen LogP contribution >= 0.6 is 0 Å². The van der Waals surface area contributed by atoms with Gasteiger partial charge in [-0.3, -0.25) is 4.74 Å². The van der Waals surface area contributed by atoms with E-state index in [1.807, 2.05) is 20.8 Å². The van der Waals surface area contributed by atoms with Crippen molar-refractivity contribution in [3.8, 4) is 0 Å². The molecule has 17 heavy (non-hydrogen) atoms. The van der Waals surface area contributed by atoms with Crippen molar-refractivity contribution >= 4 is 5.78 Å². The minimum absolute atomic E-state index is 0.0675. The molecule has 0 aromatic carbocycles. The van der Waals surface area contributed by atoms with Crippen molar-refractivity contribution in [3.63, 3.8) is 0 Å². The monoisotopic (exact) mass is 254 g/mol. The van der Waals surface area contributed by atoms with Crippen LogP contribution in [0.2, 0.25) is 0 Å². The van der Waals surface area contributed by atoms with E-state index >= 15 is 0 Å². The van der Waals surface area contributed by atoms with Gasteiger partial charge in [0.25, 0.3) is 0 Å². The molecule has 5 heteroatoms. The average Bonchev–Trinajstić information content (AvgIpc) is 2.09. The second-order valence-corrected chi connectivity index (χ2v) is 5.09. The predicted molar refractivity (Wildman–Crippen MR) is 59.5 cm³/mol. The first-order valence-electron chi connectivity index (χ1n) is 5.77. The van der Waals surface area contributed by atoms with Gasteiger partial charge >= 0.3 is 6.36 Å². The van der Waals surface area contributed by atoms with E-state index in [9.17, 15) is 18.0 Å². The van der Waals surface area contributed by atoms with Gasteiger partial charge in [0.2, 0.25) is 0 Å². The van der Waals surface area contributed by atoms with E-state index in [2.05, 4.69) is 4.74 Å². The Morgan fingerprint density at radius 1 is 1.29 bits per heavy atom. The highest BCUT2D eigenvalue weighted by molar-refractivity contribution is 5.76. The Morgan fingerprint density at radius 3 is 2.18 bits per heavy atom. The summed E-state index contributed by atoms with van der Waals surface area (Å²) in [5.74, 6) is 0.315. The van der Waals surface area contributed by atoms with Crippen LogP contribution in [-0.2, 0) is 9.53 Å². The third kappa shape index (κ3) is 7.36. The number of hydrogen-bond donors (Lipinski definition) is 0. The summed E-state index contributed by atoms with van der Waals surface area (Å²) in [5.41, 5.74) is -0.249. The highest BCUT2D eigenvalue weighted by Crippen LogP contribution is 2.36. The number of rotatable bonds is 7. The van der Waals surface area contributed by atoms with Gasteiger partial charge in [0, 0.05) is 6.42 Å². The van der Waals surface area contributed by atoms with Gasteiger partial charge in [0.15, 0.2) is 0 Å². The van der Waals surface area contributed by atoms with Gasteiger partial charge in [-0.25, -0.2) is 0 Å². The molecule has 0 aliphatic carbocycles. The summed E-state index contributed by atoms with van der Waals surface area (Å²) >= 11 is 0. The molecule has 0 N–H and O–H groups in total. The van der Waals surface area contributed by atoms with Gasteiger partial charge in [0.1, 0.15) is 5.78 Å². The number of Topliss-reactive ketones (excluding diaryl/α,β-unsaturated/α-hetero) is 1. The van der Waals surface area contributed by atoms with E-state index in [0.717, 1.165) is 0 Å². The molecule has 0 fully saturated rings. The van der Waals surface area contributed by atoms with Crippen LogP contribution in [0.5, 0.6) is 0 Å². The Balaban J connectivity index is 4.15. The minimum Gasteiger partial charge on any atom is -0.300 e. The van der Waals surface area contributed by atoms with Gasteiger partial charge in [-0.15, -0.1) is 13.2 Å². The maximum atomic E-state index is 11.8. The molecule has 0 saturated heterocycles. The molecule has 0 aliphatic heterocycles. The molecule has 0 aromatic rings. The van der Waals surface area contributed by atoms with E-state index in [-0.39, 0.29) is 23.7 Å². The topological polar surface area (TPSA) is 26.3 Å². The van der Waals surface area contributed by atoms with Gasteiger partial charge in [0.05, 0.1) is 6.61 Å². The first-order valence-corrected chi connectivity index (χ1v) is 5.77. The summed E-state index contributed by atoms with van der Waals surface area (Å²) in [4.78, 5) is 11.1. The molecule has 0 radical (unpaired) electrons. The highest BCUT2D eigenvalue weighted by atomic mass is 19.4. The first-order chi connectivity index (χ1) is 7.57. The van der Waals surface area contributed by atoms with Crippen molar-refractivity contribution in [2.24, 2.45) is 11.3 Å². The van der Waals surface area contributed by atoms with Crippen LogP contribution in [0.3, 0.4) is 0 Å². The Morgan fingerprint density at radius 2 is 1.82 bits per heavy atom. The zero-order chi connectivity index (χ0) is 13.7. The second-order valence-electron chi connectivity index (χ2n) is 5.09. The third-order valence-electron chi connectivity index (χ3n) is 3.20. The summed E-state index contributed by atoms with van der Waals surface area (Å²) in [6.45, 7) is 7.06. The summed E-state index contributed by atoms with van der Waals surface area (Å²) < 4.78 is 39.0. The first kappa shape index (κ1) is 16.4. The Hall–Kier alpha value is -0.580. The lowest BCUT2D eigenvalue weighted by Gasteiger charge is -2.33. The minimum atomic E-state index is -4.56. The molecule has 0 amide bonds. The standard InChI is InChI=1S/C12H21F3O2/c1-9(2)11(4,8-10(3)16)6-5-7-17-12(13,14)15/h9H,5-8H2,1-4H3. The van der Waals surface area contributed by atoms with Crippen LogP contribution in [-0.4, -0.2) is 18.8 Å². The smallest absolute Gasteiger partial charge is 0.300 e. The fourth-order valence-corrected chi connectivity index (χ4v) is 1.81. The van der Waals surface area contributed by atoms with Crippen LogP contribution in [0.4, 0.5) is 13.2 Å².